The van der Waals surface area contributed by atoms with Gasteiger partial charge in [-0.05, 0) is 49.7 Å². The molecular weight excluding hydrogens is 387 g/mol. The van der Waals surface area contributed by atoms with Crippen molar-refractivity contribution in [3.8, 4) is 5.13 Å². The van der Waals surface area contributed by atoms with Crippen LogP contribution in [-0.2, 0) is 0 Å². The van der Waals surface area contributed by atoms with Crippen molar-refractivity contribution >= 4 is 44.9 Å². The monoisotopic (exact) mass is 400 g/mol. The quantitative estimate of drug-likeness (QED) is 0.517. The first kappa shape index (κ1) is 17.6. The first-order chi connectivity index (χ1) is 12.9. The fourth-order valence-corrected chi connectivity index (χ4v) is 3.99. The predicted molar refractivity (Wildman–Crippen MR) is 106 cm³/mol. The van der Waals surface area contributed by atoms with Gasteiger partial charge in [-0.1, -0.05) is 29.0 Å². The Bertz CT molecular complexity index is 1130. The van der Waals surface area contributed by atoms with E-state index in [1.807, 2.05) is 26.0 Å². The number of aromatic nitrogens is 3. The molecule has 8 heteroatoms. The normalized spacial score (nSPS) is 11.1. The summed E-state index contributed by atoms with van der Waals surface area (Å²) in [7, 11) is 0. The van der Waals surface area contributed by atoms with Crippen LogP contribution in [0.25, 0.3) is 15.3 Å². The van der Waals surface area contributed by atoms with E-state index in [2.05, 4.69) is 15.4 Å². The molecule has 27 heavy (non-hydrogen) atoms. The van der Waals surface area contributed by atoms with Gasteiger partial charge in [0.25, 0.3) is 5.91 Å². The smallest absolute Gasteiger partial charge is 0.256 e. The third-order valence-corrected chi connectivity index (χ3v) is 5.54. The minimum atomic E-state index is -0.394. The molecule has 2 heterocycles. The molecule has 4 rings (SSSR count). The van der Waals surface area contributed by atoms with Gasteiger partial charge in [0.1, 0.15) is 11.6 Å². The lowest BCUT2D eigenvalue weighted by Crippen LogP contribution is -2.15. The number of fused-ring (bicyclic) bond motifs is 1. The maximum atomic E-state index is 13.1. The van der Waals surface area contributed by atoms with E-state index in [-0.39, 0.29) is 5.91 Å². The molecule has 0 atom stereocenters. The summed E-state index contributed by atoms with van der Waals surface area (Å²) in [5.74, 6) is -0.268. The summed E-state index contributed by atoms with van der Waals surface area (Å²) in [6.07, 6.45) is 0. The van der Waals surface area contributed by atoms with Crippen LogP contribution in [-0.4, -0.2) is 20.7 Å². The highest BCUT2D eigenvalue weighted by Gasteiger charge is 2.17. The first-order valence-corrected chi connectivity index (χ1v) is 9.31. The third-order valence-electron chi connectivity index (χ3n) is 4.05. The Balaban J connectivity index is 1.73. The second-order valence-corrected chi connectivity index (χ2v) is 7.47. The molecule has 0 bridgehead atoms. The topological polar surface area (TPSA) is 59.8 Å². The number of halogens is 2. The number of hydrogen-bond acceptors (Lipinski definition) is 4. The SMILES string of the molecule is Cc1cc(NC(=O)c2ccc(F)cc2)n(-c2nc3c(C)ccc(Cl)c3s2)n1. The number of benzene rings is 2. The van der Waals surface area contributed by atoms with Crippen molar-refractivity contribution in [1.82, 2.24) is 14.8 Å². The lowest BCUT2D eigenvalue weighted by atomic mass is 10.2. The summed E-state index contributed by atoms with van der Waals surface area (Å²) in [5.41, 5.74) is 2.90. The Morgan fingerprint density at radius 3 is 2.63 bits per heavy atom. The van der Waals surface area contributed by atoms with E-state index in [4.69, 9.17) is 11.6 Å². The molecule has 0 aliphatic rings. The number of nitrogens with one attached hydrogen (secondary N) is 1. The number of carbonyl (C=O) groups excluding carboxylic acids is 1. The zero-order chi connectivity index (χ0) is 19.1. The number of thiazole rings is 1. The maximum absolute atomic E-state index is 13.1. The number of hydrogen-bond donors (Lipinski definition) is 1. The van der Waals surface area contributed by atoms with Gasteiger partial charge in [-0.3, -0.25) is 4.79 Å². The minimum Gasteiger partial charge on any atom is -0.306 e. The van der Waals surface area contributed by atoms with Crippen LogP contribution in [0.5, 0.6) is 0 Å². The number of aryl methyl sites for hydroxylation is 2. The number of amides is 1. The second kappa shape index (κ2) is 6.75. The van der Waals surface area contributed by atoms with Crippen LogP contribution in [0.1, 0.15) is 21.6 Å². The van der Waals surface area contributed by atoms with Gasteiger partial charge in [0, 0.05) is 11.6 Å². The molecule has 1 amide bonds. The van der Waals surface area contributed by atoms with E-state index in [0.29, 0.717) is 21.5 Å². The van der Waals surface area contributed by atoms with Crippen LogP contribution < -0.4 is 5.32 Å². The van der Waals surface area contributed by atoms with Gasteiger partial charge in [0.15, 0.2) is 0 Å². The molecule has 0 fully saturated rings. The van der Waals surface area contributed by atoms with Crippen molar-refractivity contribution in [2.24, 2.45) is 0 Å². The standard InChI is InChI=1S/C19H14ClFN4OS/c1-10-3-8-14(20)17-16(10)23-19(27-17)25-15(9-11(2)24-25)22-18(26)12-4-6-13(21)7-5-12/h3-9H,1-2H3,(H,22,26). The van der Waals surface area contributed by atoms with Gasteiger partial charge >= 0.3 is 0 Å². The minimum absolute atomic E-state index is 0.352. The summed E-state index contributed by atoms with van der Waals surface area (Å²) in [6.45, 7) is 3.79. The van der Waals surface area contributed by atoms with Crippen LogP contribution in [0, 0.1) is 19.7 Å². The highest BCUT2D eigenvalue weighted by atomic mass is 35.5. The Morgan fingerprint density at radius 2 is 1.93 bits per heavy atom. The molecule has 0 saturated carbocycles. The van der Waals surface area contributed by atoms with Gasteiger partial charge < -0.3 is 5.32 Å². The van der Waals surface area contributed by atoms with Crippen molar-refractivity contribution in [3.63, 3.8) is 0 Å². The fraction of sp³-hybridized carbons (Fsp3) is 0.105. The van der Waals surface area contributed by atoms with Crippen LogP contribution >= 0.6 is 22.9 Å². The maximum Gasteiger partial charge on any atom is 0.256 e. The van der Waals surface area contributed by atoms with Crippen molar-refractivity contribution < 1.29 is 9.18 Å². The molecule has 0 radical (unpaired) electrons. The van der Waals surface area contributed by atoms with Gasteiger partial charge in [-0.25, -0.2) is 9.37 Å². The Labute approximate surface area is 163 Å². The van der Waals surface area contributed by atoms with Crippen molar-refractivity contribution in [2.45, 2.75) is 13.8 Å². The number of nitrogens with zero attached hydrogens (tertiary/aromatic N) is 3. The van der Waals surface area contributed by atoms with Crippen LogP contribution in [0.3, 0.4) is 0 Å². The highest BCUT2D eigenvalue weighted by Crippen LogP contribution is 2.34. The number of carbonyl (C=O) groups is 1. The van der Waals surface area contributed by atoms with E-state index in [0.717, 1.165) is 21.5 Å². The van der Waals surface area contributed by atoms with Crippen LogP contribution in [0.2, 0.25) is 5.02 Å². The molecule has 0 aliphatic heterocycles. The lowest BCUT2D eigenvalue weighted by Gasteiger charge is -2.06. The molecule has 0 spiro atoms. The van der Waals surface area contributed by atoms with Crippen LogP contribution in [0.4, 0.5) is 10.2 Å². The molecule has 2 aromatic carbocycles. The number of rotatable bonds is 3. The summed E-state index contributed by atoms with van der Waals surface area (Å²) in [4.78, 5) is 17.1. The highest BCUT2D eigenvalue weighted by molar-refractivity contribution is 7.21. The van der Waals surface area contributed by atoms with E-state index in [9.17, 15) is 9.18 Å². The predicted octanol–water partition coefficient (Wildman–Crippen LogP) is 5.14. The third kappa shape index (κ3) is 3.31. The average Bonchev–Trinajstić information content (AvgIpc) is 3.23. The summed E-state index contributed by atoms with van der Waals surface area (Å²) in [6, 6.07) is 10.9. The van der Waals surface area contributed by atoms with Gasteiger partial charge in [0.2, 0.25) is 5.13 Å². The van der Waals surface area contributed by atoms with E-state index in [1.165, 1.54) is 35.6 Å². The molecule has 1 N–H and O–H groups in total. The van der Waals surface area contributed by atoms with Crippen molar-refractivity contribution in [2.75, 3.05) is 5.32 Å². The fourth-order valence-electron chi connectivity index (χ4n) is 2.71. The summed E-state index contributed by atoms with van der Waals surface area (Å²) in [5, 5.41) is 8.48. The molecule has 0 saturated heterocycles. The molecule has 2 aromatic heterocycles. The second-order valence-electron chi connectivity index (χ2n) is 6.08. The van der Waals surface area contributed by atoms with Gasteiger partial charge in [0.05, 0.1) is 20.9 Å². The average molecular weight is 401 g/mol. The zero-order valence-corrected chi connectivity index (χ0v) is 16.0. The van der Waals surface area contributed by atoms with Crippen LogP contribution in [0.15, 0.2) is 42.5 Å². The van der Waals surface area contributed by atoms with Gasteiger partial charge in [-0.2, -0.15) is 9.78 Å². The Morgan fingerprint density at radius 1 is 1.19 bits per heavy atom. The van der Waals surface area contributed by atoms with Crippen molar-refractivity contribution in [3.05, 3.63) is 70.1 Å². The molecular formula is C19H14ClFN4OS. The largest absolute Gasteiger partial charge is 0.306 e. The summed E-state index contributed by atoms with van der Waals surface area (Å²) >= 11 is 7.69. The Hall–Kier alpha value is -2.77. The molecule has 4 aromatic rings. The van der Waals surface area contributed by atoms with E-state index in [1.54, 1.807) is 10.7 Å². The lowest BCUT2D eigenvalue weighted by molar-refractivity contribution is 0.102. The van der Waals surface area contributed by atoms with E-state index < -0.39 is 5.82 Å². The van der Waals surface area contributed by atoms with Crippen molar-refractivity contribution in [1.29, 1.82) is 0 Å². The zero-order valence-electron chi connectivity index (χ0n) is 14.5. The summed E-state index contributed by atoms with van der Waals surface area (Å²) < 4.78 is 15.5. The number of anilines is 1. The molecule has 136 valence electrons. The molecule has 5 nitrogen and oxygen atoms in total. The molecule has 0 unspecified atom stereocenters. The van der Waals surface area contributed by atoms with Gasteiger partial charge in [-0.15, -0.1) is 0 Å². The first-order valence-electron chi connectivity index (χ1n) is 8.12. The van der Waals surface area contributed by atoms with E-state index >= 15 is 0 Å². The molecule has 0 aliphatic carbocycles. The Kier molecular flexibility index (Phi) is 4.41.